The van der Waals surface area contributed by atoms with Gasteiger partial charge >= 0.3 is 0 Å². The molecule has 0 bridgehead atoms. The van der Waals surface area contributed by atoms with E-state index in [-0.39, 0.29) is 6.61 Å². The number of aryl methyl sites for hydroxylation is 1. The van der Waals surface area contributed by atoms with Crippen molar-refractivity contribution in [1.82, 2.24) is 24.9 Å². The number of aliphatic hydroxyl groups is 1. The zero-order valence-electron chi connectivity index (χ0n) is 12.4. The first-order valence-electron chi connectivity index (χ1n) is 6.96. The Morgan fingerprint density at radius 2 is 2.20 bits per heavy atom. The van der Waals surface area contributed by atoms with Crippen LogP contribution in [0.15, 0.2) is 18.5 Å². The third-order valence-electron chi connectivity index (χ3n) is 3.49. The first kappa shape index (κ1) is 14.7. The highest BCUT2D eigenvalue weighted by molar-refractivity contribution is 5.24. The van der Waals surface area contributed by atoms with E-state index in [4.69, 9.17) is 5.11 Å². The van der Waals surface area contributed by atoms with Crippen molar-refractivity contribution in [3.05, 3.63) is 35.4 Å². The van der Waals surface area contributed by atoms with E-state index in [1.165, 1.54) is 5.56 Å². The second-order valence-corrected chi connectivity index (χ2v) is 5.11. The summed E-state index contributed by atoms with van der Waals surface area (Å²) in [6, 6.07) is 2.26. The molecule has 2 heterocycles. The summed E-state index contributed by atoms with van der Waals surface area (Å²) in [6.07, 6.45) is 3.76. The van der Waals surface area contributed by atoms with Crippen molar-refractivity contribution in [2.75, 3.05) is 6.61 Å². The SMILES string of the molecule is Cc1nn(CCO)c(C)c1CN[C@H](C)Cn1cccn1. The van der Waals surface area contributed by atoms with E-state index in [1.54, 1.807) is 6.20 Å². The van der Waals surface area contributed by atoms with Gasteiger partial charge in [-0.15, -0.1) is 0 Å². The van der Waals surface area contributed by atoms with Crippen LogP contribution in [0.25, 0.3) is 0 Å². The van der Waals surface area contributed by atoms with Gasteiger partial charge < -0.3 is 10.4 Å². The Kier molecular flexibility index (Phi) is 4.92. The molecule has 2 aromatic rings. The van der Waals surface area contributed by atoms with Crippen LogP contribution in [0.5, 0.6) is 0 Å². The summed E-state index contributed by atoms with van der Waals surface area (Å²) in [6.45, 7) is 8.49. The molecule has 0 aliphatic heterocycles. The summed E-state index contributed by atoms with van der Waals surface area (Å²) in [4.78, 5) is 0. The first-order valence-corrected chi connectivity index (χ1v) is 6.96. The van der Waals surface area contributed by atoms with Gasteiger partial charge in [-0.1, -0.05) is 0 Å². The Labute approximate surface area is 119 Å². The molecule has 20 heavy (non-hydrogen) atoms. The molecular formula is C14H23N5O. The maximum atomic E-state index is 9.02. The van der Waals surface area contributed by atoms with Crippen LogP contribution in [-0.4, -0.2) is 37.3 Å². The topological polar surface area (TPSA) is 67.9 Å². The Morgan fingerprint density at radius 3 is 2.85 bits per heavy atom. The number of hydrogen-bond donors (Lipinski definition) is 2. The lowest BCUT2D eigenvalue weighted by Gasteiger charge is -2.14. The number of nitrogens with one attached hydrogen (secondary N) is 1. The van der Waals surface area contributed by atoms with E-state index in [1.807, 2.05) is 35.5 Å². The van der Waals surface area contributed by atoms with Gasteiger partial charge in [-0.3, -0.25) is 9.36 Å². The quantitative estimate of drug-likeness (QED) is 0.788. The van der Waals surface area contributed by atoms with Crippen molar-refractivity contribution in [3.8, 4) is 0 Å². The summed E-state index contributed by atoms with van der Waals surface area (Å²) in [5.41, 5.74) is 3.36. The van der Waals surface area contributed by atoms with Crippen molar-refractivity contribution >= 4 is 0 Å². The fourth-order valence-electron chi connectivity index (χ4n) is 2.33. The molecule has 2 aromatic heterocycles. The maximum absolute atomic E-state index is 9.02. The van der Waals surface area contributed by atoms with Crippen LogP contribution in [0, 0.1) is 13.8 Å². The Bertz CT molecular complexity index is 532. The van der Waals surface area contributed by atoms with Gasteiger partial charge in [0.25, 0.3) is 0 Å². The summed E-state index contributed by atoms with van der Waals surface area (Å²) >= 11 is 0. The molecule has 6 nitrogen and oxygen atoms in total. The standard InChI is InChI=1S/C14H23N5O/c1-11(10-18-6-4-5-16-18)15-9-14-12(2)17-19(7-8-20)13(14)3/h4-6,11,15,20H,7-10H2,1-3H3/t11-/m1/s1. The summed E-state index contributed by atoms with van der Waals surface area (Å²) in [5, 5.41) is 21.2. The number of rotatable bonds is 7. The second kappa shape index (κ2) is 6.67. The van der Waals surface area contributed by atoms with Gasteiger partial charge in [0.05, 0.1) is 25.4 Å². The van der Waals surface area contributed by atoms with E-state index in [0.29, 0.717) is 12.6 Å². The first-order chi connectivity index (χ1) is 9.61. The third-order valence-corrected chi connectivity index (χ3v) is 3.49. The molecule has 0 unspecified atom stereocenters. The summed E-state index contributed by atoms with van der Waals surface area (Å²) < 4.78 is 3.79. The number of nitrogens with zero attached hydrogens (tertiary/aromatic N) is 4. The highest BCUT2D eigenvalue weighted by atomic mass is 16.3. The predicted octanol–water partition coefficient (Wildman–Crippen LogP) is 0.867. The number of hydrogen-bond acceptors (Lipinski definition) is 4. The Hall–Kier alpha value is -1.66. The van der Waals surface area contributed by atoms with Gasteiger partial charge in [-0.05, 0) is 26.8 Å². The second-order valence-electron chi connectivity index (χ2n) is 5.11. The molecular weight excluding hydrogens is 254 g/mol. The Balaban J connectivity index is 1.93. The monoisotopic (exact) mass is 277 g/mol. The van der Waals surface area contributed by atoms with E-state index in [9.17, 15) is 0 Å². The molecule has 0 amide bonds. The molecule has 0 saturated heterocycles. The molecule has 0 aliphatic rings. The van der Waals surface area contributed by atoms with E-state index >= 15 is 0 Å². The van der Waals surface area contributed by atoms with Crippen molar-refractivity contribution in [2.45, 2.75) is 46.4 Å². The summed E-state index contributed by atoms with van der Waals surface area (Å²) in [7, 11) is 0. The lowest BCUT2D eigenvalue weighted by atomic mass is 10.2. The molecule has 2 N–H and O–H groups in total. The van der Waals surface area contributed by atoms with Crippen molar-refractivity contribution in [3.63, 3.8) is 0 Å². The lowest BCUT2D eigenvalue weighted by molar-refractivity contribution is 0.267. The zero-order valence-corrected chi connectivity index (χ0v) is 12.4. The minimum absolute atomic E-state index is 0.116. The fourth-order valence-corrected chi connectivity index (χ4v) is 2.33. The minimum Gasteiger partial charge on any atom is -0.394 e. The number of aromatic nitrogens is 4. The van der Waals surface area contributed by atoms with E-state index in [2.05, 4.69) is 22.4 Å². The molecule has 0 radical (unpaired) electrons. The normalized spacial score (nSPS) is 12.8. The minimum atomic E-state index is 0.116. The molecule has 6 heteroatoms. The van der Waals surface area contributed by atoms with Crippen LogP contribution in [-0.2, 0) is 19.6 Å². The maximum Gasteiger partial charge on any atom is 0.0644 e. The predicted molar refractivity (Wildman–Crippen MR) is 77.3 cm³/mol. The smallest absolute Gasteiger partial charge is 0.0644 e. The van der Waals surface area contributed by atoms with Gasteiger partial charge in [-0.25, -0.2) is 0 Å². The van der Waals surface area contributed by atoms with Gasteiger partial charge in [0.15, 0.2) is 0 Å². The fraction of sp³-hybridized carbons (Fsp3) is 0.571. The largest absolute Gasteiger partial charge is 0.394 e. The highest BCUT2D eigenvalue weighted by Gasteiger charge is 2.12. The molecule has 0 fully saturated rings. The molecule has 2 rings (SSSR count). The Morgan fingerprint density at radius 1 is 1.40 bits per heavy atom. The van der Waals surface area contributed by atoms with Crippen molar-refractivity contribution < 1.29 is 5.11 Å². The van der Waals surface area contributed by atoms with Crippen LogP contribution < -0.4 is 5.32 Å². The van der Waals surface area contributed by atoms with Crippen molar-refractivity contribution in [1.29, 1.82) is 0 Å². The molecule has 0 aromatic carbocycles. The van der Waals surface area contributed by atoms with Crippen LogP contribution >= 0.6 is 0 Å². The summed E-state index contributed by atoms with van der Waals surface area (Å²) in [5.74, 6) is 0. The van der Waals surface area contributed by atoms with Crippen LogP contribution in [0.3, 0.4) is 0 Å². The lowest BCUT2D eigenvalue weighted by Crippen LogP contribution is -2.30. The van der Waals surface area contributed by atoms with Gasteiger partial charge in [0.1, 0.15) is 0 Å². The third kappa shape index (κ3) is 3.46. The molecule has 0 spiro atoms. The van der Waals surface area contributed by atoms with Gasteiger partial charge in [-0.2, -0.15) is 10.2 Å². The average molecular weight is 277 g/mol. The van der Waals surface area contributed by atoms with Gasteiger partial charge in [0.2, 0.25) is 0 Å². The molecule has 110 valence electrons. The van der Waals surface area contributed by atoms with E-state index in [0.717, 1.165) is 24.5 Å². The zero-order chi connectivity index (χ0) is 14.5. The molecule has 0 saturated carbocycles. The van der Waals surface area contributed by atoms with Crippen LogP contribution in [0.2, 0.25) is 0 Å². The highest BCUT2D eigenvalue weighted by Crippen LogP contribution is 2.12. The van der Waals surface area contributed by atoms with Crippen LogP contribution in [0.4, 0.5) is 0 Å². The van der Waals surface area contributed by atoms with Gasteiger partial charge in [0, 0.05) is 36.2 Å². The van der Waals surface area contributed by atoms with Crippen LogP contribution in [0.1, 0.15) is 23.9 Å². The molecule has 0 aliphatic carbocycles. The van der Waals surface area contributed by atoms with Crippen molar-refractivity contribution in [2.24, 2.45) is 0 Å². The molecule has 1 atom stereocenters. The average Bonchev–Trinajstić information content (AvgIpc) is 2.99. The van der Waals surface area contributed by atoms with E-state index < -0.39 is 0 Å². The number of aliphatic hydroxyl groups excluding tert-OH is 1.